The number of hydrogen-bond acceptors (Lipinski definition) is 5. The fourth-order valence-corrected chi connectivity index (χ4v) is 2.51. The Hall–Kier alpha value is -1.50. The van der Waals surface area contributed by atoms with Gasteiger partial charge in [-0.1, -0.05) is 19.8 Å². The van der Waals surface area contributed by atoms with E-state index in [1.807, 2.05) is 0 Å². The summed E-state index contributed by atoms with van der Waals surface area (Å²) in [5, 5.41) is 25.2. The first-order chi connectivity index (χ1) is 8.15. The summed E-state index contributed by atoms with van der Waals surface area (Å²) >= 11 is 0. The Morgan fingerprint density at radius 1 is 1.71 bits per heavy atom. The van der Waals surface area contributed by atoms with Gasteiger partial charge >= 0.3 is 0 Å². The molecule has 1 aromatic heterocycles. The number of carbonyl (C=O) groups is 1. The molecule has 2 atom stereocenters. The summed E-state index contributed by atoms with van der Waals surface area (Å²) in [7, 11) is 0. The average Bonchev–Trinajstić information content (AvgIpc) is 2.82. The summed E-state index contributed by atoms with van der Waals surface area (Å²) in [6, 6.07) is 0. The second-order valence-corrected chi connectivity index (χ2v) is 4.83. The molecule has 0 spiro atoms. The van der Waals surface area contributed by atoms with Crippen LogP contribution in [0.1, 0.15) is 43.2 Å². The van der Waals surface area contributed by atoms with Crippen LogP contribution in [0.5, 0.6) is 0 Å². The molecule has 1 saturated carbocycles. The van der Waals surface area contributed by atoms with E-state index in [0.717, 1.165) is 25.7 Å². The first kappa shape index (κ1) is 12.0. The fraction of sp³-hybridized carbons (Fsp3) is 0.800. The van der Waals surface area contributed by atoms with Gasteiger partial charge in [-0.25, -0.2) is 0 Å². The van der Waals surface area contributed by atoms with Gasteiger partial charge in [-0.3, -0.25) is 4.79 Å². The van der Waals surface area contributed by atoms with Crippen molar-refractivity contribution in [1.29, 1.82) is 0 Å². The minimum absolute atomic E-state index is 0.0102. The molecule has 1 aliphatic carbocycles. The van der Waals surface area contributed by atoms with E-state index in [1.54, 1.807) is 0 Å². The van der Waals surface area contributed by atoms with Crippen molar-refractivity contribution in [2.24, 2.45) is 5.92 Å². The van der Waals surface area contributed by atoms with Crippen LogP contribution in [0.4, 0.5) is 0 Å². The second-order valence-electron chi connectivity index (χ2n) is 4.83. The van der Waals surface area contributed by atoms with E-state index < -0.39 is 5.54 Å². The van der Waals surface area contributed by atoms with Gasteiger partial charge in [0.15, 0.2) is 0 Å². The van der Waals surface area contributed by atoms with Crippen molar-refractivity contribution in [2.75, 3.05) is 6.61 Å². The normalized spacial score (nSPS) is 28.9. The molecule has 0 aliphatic heterocycles. The zero-order valence-corrected chi connectivity index (χ0v) is 9.81. The fourth-order valence-electron chi connectivity index (χ4n) is 2.51. The van der Waals surface area contributed by atoms with Gasteiger partial charge in [-0.2, -0.15) is 5.21 Å². The summed E-state index contributed by atoms with van der Waals surface area (Å²) in [5.41, 5.74) is -0.532. The van der Waals surface area contributed by atoms with Crippen LogP contribution >= 0.6 is 0 Å². The van der Waals surface area contributed by atoms with Gasteiger partial charge < -0.3 is 10.4 Å². The quantitative estimate of drug-likeness (QED) is 0.681. The lowest BCUT2D eigenvalue weighted by molar-refractivity contribution is 0.0688. The summed E-state index contributed by atoms with van der Waals surface area (Å²) in [6.07, 6.45) is 3.72. The van der Waals surface area contributed by atoms with Crippen LogP contribution < -0.4 is 5.32 Å². The predicted octanol–water partition coefficient (Wildman–Crippen LogP) is -0.129. The monoisotopic (exact) mass is 239 g/mol. The van der Waals surface area contributed by atoms with Crippen molar-refractivity contribution in [3.8, 4) is 0 Å². The molecule has 1 aliphatic rings. The molecular weight excluding hydrogens is 222 g/mol. The van der Waals surface area contributed by atoms with E-state index in [-0.39, 0.29) is 18.3 Å². The van der Waals surface area contributed by atoms with E-state index in [9.17, 15) is 9.90 Å². The maximum atomic E-state index is 11.8. The highest BCUT2D eigenvalue weighted by atomic mass is 16.3. The summed E-state index contributed by atoms with van der Waals surface area (Å²) in [6.45, 7) is 2.07. The van der Waals surface area contributed by atoms with Crippen molar-refractivity contribution in [3.05, 3.63) is 5.82 Å². The molecule has 3 N–H and O–H groups in total. The van der Waals surface area contributed by atoms with Crippen molar-refractivity contribution in [2.45, 2.75) is 38.1 Å². The third-order valence-electron chi connectivity index (χ3n) is 3.32. The van der Waals surface area contributed by atoms with Gasteiger partial charge in [-0.15, -0.1) is 10.2 Å². The van der Waals surface area contributed by atoms with E-state index >= 15 is 0 Å². The number of H-pyrrole nitrogens is 1. The number of nitrogens with one attached hydrogen (secondary N) is 2. The Bertz CT molecular complexity index is 380. The lowest BCUT2D eigenvalue weighted by Gasteiger charge is -2.39. The molecule has 1 aromatic rings. The van der Waals surface area contributed by atoms with Gasteiger partial charge in [0.05, 0.1) is 12.1 Å². The number of carbonyl (C=O) groups excluding carboxylic acids is 1. The topological polar surface area (TPSA) is 104 Å². The minimum atomic E-state index is -0.532. The van der Waals surface area contributed by atoms with Gasteiger partial charge in [0, 0.05) is 0 Å². The third-order valence-corrected chi connectivity index (χ3v) is 3.32. The predicted molar refractivity (Wildman–Crippen MR) is 59.1 cm³/mol. The lowest BCUT2D eigenvalue weighted by atomic mass is 9.77. The number of aliphatic hydroxyl groups excluding tert-OH is 1. The van der Waals surface area contributed by atoms with Crippen LogP contribution in [-0.4, -0.2) is 43.8 Å². The Morgan fingerprint density at radius 3 is 3.12 bits per heavy atom. The standard InChI is InChI=1S/C10H17N5O2/c1-7-3-2-4-10(5-7,6-16)11-9(17)8-12-14-15-13-8/h7,16H,2-6H2,1H3,(H,11,17)(H,12,13,14,15). The highest BCUT2D eigenvalue weighted by molar-refractivity contribution is 5.90. The Labute approximate surface area is 99.0 Å². The van der Waals surface area contributed by atoms with Gasteiger partial charge in [0.1, 0.15) is 0 Å². The van der Waals surface area contributed by atoms with Gasteiger partial charge in [0.2, 0.25) is 0 Å². The van der Waals surface area contributed by atoms with Crippen molar-refractivity contribution < 1.29 is 9.90 Å². The van der Waals surface area contributed by atoms with Crippen LogP contribution in [0.25, 0.3) is 0 Å². The highest BCUT2D eigenvalue weighted by Crippen LogP contribution is 2.32. The number of amides is 1. The van der Waals surface area contributed by atoms with Gasteiger partial charge in [0.25, 0.3) is 11.7 Å². The summed E-state index contributed by atoms with van der Waals surface area (Å²) in [4.78, 5) is 11.8. The summed E-state index contributed by atoms with van der Waals surface area (Å²) < 4.78 is 0. The van der Waals surface area contributed by atoms with E-state index in [1.165, 1.54) is 0 Å². The number of aromatic amines is 1. The molecule has 2 rings (SSSR count). The molecule has 1 heterocycles. The van der Waals surface area contributed by atoms with Crippen molar-refractivity contribution in [1.82, 2.24) is 25.9 Å². The van der Waals surface area contributed by atoms with Crippen LogP contribution in [-0.2, 0) is 0 Å². The minimum Gasteiger partial charge on any atom is -0.394 e. The second kappa shape index (κ2) is 4.79. The molecule has 1 amide bonds. The Morgan fingerprint density at radius 2 is 2.53 bits per heavy atom. The molecule has 2 unspecified atom stereocenters. The van der Waals surface area contributed by atoms with E-state index in [0.29, 0.717) is 5.92 Å². The molecule has 0 radical (unpaired) electrons. The maximum Gasteiger partial charge on any atom is 0.293 e. The zero-order chi connectivity index (χ0) is 12.3. The third kappa shape index (κ3) is 2.60. The molecule has 7 nitrogen and oxygen atoms in total. The smallest absolute Gasteiger partial charge is 0.293 e. The number of aromatic nitrogens is 4. The number of hydrogen-bond donors (Lipinski definition) is 3. The number of nitrogens with zero attached hydrogens (tertiary/aromatic N) is 3. The Kier molecular flexibility index (Phi) is 3.37. The van der Waals surface area contributed by atoms with Crippen LogP contribution in [0, 0.1) is 5.92 Å². The largest absolute Gasteiger partial charge is 0.394 e. The highest BCUT2D eigenvalue weighted by Gasteiger charge is 2.36. The van der Waals surface area contributed by atoms with E-state index in [2.05, 4.69) is 32.9 Å². The molecule has 0 aromatic carbocycles. The average molecular weight is 239 g/mol. The molecule has 0 saturated heterocycles. The summed E-state index contributed by atoms with van der Waals surface area (Å²) in [5.74, 6) is 0.124. The molecule has 17 heavy (non-hydrogen) atoms. The molecule has 0 bridgehead atoms. The van der Waals surface area contributed by atoms with Crippen LogP contribution in [0.2, 0.25) is 0 Å². The Balaban J connectivity index is 2.06. The number of rotatable bonds is 3. The zero-order valence-electron chi connectivity index (χ0n) is 9.81. The van der Waals surface area contributed by atoms with Crippen molar-refractivity contribution in [3.63, 3.8) is 0 Å². The van der Waals surface area contributed by atoms with Crippen molar-refractivity contribution >= 4 is 5.91 Å². The number of tetrazole rings is 1. The molecule has 94 valence electrons. The number of aliphatic hydroxyl groups is 1. The van der Waals surface area contributed by atoms with Crippen LogP contribution in [0.3, 0.4) is 0 Å². The molecular formula is C10H17N5O2. The van der Waals surface area contributed by atoms with Gasteiger partial charge in [-0.05, 0) is 24.0 Å². The SMILES string of the molecule is CC1CCCC(CO)(NC(=O)c2nn[nH]n2)C1. The molecule has 7 heteroatoms. The van der Waals surface area contributed by atoms with E-state index in [4.69, 9.17) is 0 Å². The lowest BCUT2D eigenvalue weighted by Crippen LogP contribution is -2.54. The maximum absolute atomic E-state index is 11.8. The first-order valence-corrected chi connectivity index (χ1v) is 5.82. The molecule has 1 fully saturated rings. The first-order valence-electron chi connectivity index (χ1n) is 5.82. The van der Waals surface area contributed by atoms with Crippen LogP contribution in [0.15, 0.2) is 0 Å².